The van der Waals surface area contributed by atoms with E-state index < -0.39 is 0 Å². The van der Waals surface area contributed by atoms with E-state index in [0.717, 1.165) is 12.0 Å². The van der Waals surface area contributed by atoms with Gasteiger partial charge in [-0.25, -0.2) is 0 Å². The number of H-pyrrole nitrogens is 2. The number of hydrogen-bond acceptors (Lipinski definition) is 6. The molecule has 0 aliphatic heterocycles. The molecule has 0 saturated carbocycles. The second-order valence-electron chi connectivity index (χ2n) is 5.06. The summed E-state index contributed by atoms with van der Waals surface area (Å²) in [5.74, 6) is 1.54. The molecule has 0 fully saturated rings. The zero-order valence-electron chi connectivity index (χ0n) is 13.4. The third kappa shape index (κ3) is 3.12. The van der Waals surface area contributed by atoms with Crippen molar-refractivity contribution in [2.24, 2.45) is 0 Å². The topological polar surface area (TPSA) is 106 Å². The van der Waals surface area contributed by atoms with Gasteiger partial charge in [0.05, 0.1) is 19.3 Å². The Morgan fingerprint density at radius 3 is 2.71 bits per heavy atom. The molecule has 0 radical (unpaired) electrons. The molecule has 3 rings (SSSR count). The second kappa shape index (κ2) is 6.95. The molecule has 0 amide bonds. The summed E-state index contributed by atoms with van der Waals surface area (Å²) in [5, 5.41) is 13.4. The largest absolute Gasteiger partial charge is 0.493 e. The zero-order valence-corrected chi connectivity index (χ0v) is 13.4. The van der Waals surface area contributed by atoms with Crippen LogP contribution in [-0.4, -0.2) is 39.3 Å². The van der Waals surface area contributed by atoms with E-state index in [0.29, 0.717) is 29.4 Å². The van der Waals surface area contributed by atoms with Crippen LogP contribution in [0.3, 0.4) is 0 Å². The van der Waals surface area contributed by atoms with E-state index in [1.165, 1.54) is 0 Å². The van der Waals surface area contributed by atoms with Crippen molar-refractivity contribution in [1.29, 1.82) is 0 Å². The number of aromatic amines is 2. The summed E-state index contributed by atoms with van der Waals surface area (Å²) in [6.07, 6.45) is 0.892. The molecular formula is C16H17N5O3. The first-order valence-electron chi connectivity index (χ1n) is 7.51. The van der Waals surface area contributed by atoms with Gasteiger partial charge >= 0.3 is 0 Å². The van der Waals surface area contributed by atoms with Crippen molar-refractivity contribution in [1.82, 2.24) is 25.6 Å². The fraction of sp³-hybridized carbons (Fsp3) is 0.250. The van der Waals surface area contributed by atoms with Crippen LogP contribution in [0.2, 0.25) is 0 Å². The maximum Gasteiger partial charge on any atom is 0.259 e. The Morgan fingerprint density at radius 2 is 2.04 bits per heavy atom. The van der Waals surface area contributed by atoms with E-state index in [2.05, 4.69) is 25.6 Å². The number of nitrogens with one attached hydrogen (secondary N) is 2. The van der Waals surface area contributed by atoms with E-state index in [4.69, 9.17) is 9.47 Å². The molecule has 8 heteroatoms. The van der Waals surface area contributed by atoms with Crippen LogP contribution in [0.4, 0.5) is 0 Å². The molecule has 0 spiro atoms. The molecule has 0 aliphatic rings. The second-order valence-corrected chi connectivity index (χ2v) is 5.06. The minimum absolute atomic E-state index is 0.254. The summed E-state index contributed by atoms with van der Waals surface area (Å²) in [6.45, 7) is 2.62. The standard InChI is InChI=1S/C16H17N5O3/c1-3-8-24-14-9-10(4-7-13(14)23-2)12-6-5-11(16(22)17-12)15-18-20-21-19-15/h4-7,9H,3,8H2,1-2H3,(H,17,22)(H,18,19,20,21). The minimum atomic E-state index is -0.291. The van der Waals surface area contributed by atoms with Crippen LogP contribution < -0.4 is 15.0 Å². The monoisotopic (exact) mass is 327 g/mol. The molecule has 2 heterocycles. The van der Waals surface area contributed by atoms with Crippen molar-refractivity contribution in [3.63, 3.8) is 0 Å². The molecule has 0 aliphatic carbocycles. The van der Waals surface area contributed by atoms with Gasteiger partial charge in [-0.15, -0.1) is 10.2 Å². The Balaban J connectivity index is 1.97. The molecule has 124 valence electrons. The number of aromatic nitrogens is 5. The van der Waals surface area contributed by atoms with Crippen molar-refractivity contribution >= 4 is 0 Å². The van der Waals surface area contributed by atoms with E-state index in [1.54, 1.807) is 19.2 Å². The quantitative estimate of drug-likeness (QED) is 0.717. The van der Waals surface area contributed by atoms with E-state index in [9.17, 15) is 4.79 Å². The van der Waals surface area contributed by atoms with Gasteiger partial charge in [0.2, 0.25) is 5.82 Å². The smallest absolute Gasteiger partial charge is 0.259 e. The number of benzene rings is 1. The van der Waals surface area contributed by atoms with Crippen LogP contribution in [-0.2, 0) is 0 Å². The predicted molar refractivity (Wildman–Crippen MR) is 88.0 cm³/mol. The van der Waals surface area contributed by atoms with Gasteiger partial charge in [0.15, 0.2) is 11.5 Å². The van der Waals surface area contributed by atoms with E-state index in [-0.39, 0.29) is 11.4 Å². The molecule has 0 unspecified atom stereocenters. The molecule has 0 saturated heterocycles. The lowest BCUT2D eigenvalue weighted by Crippen LogP contribution is -2.10. The number of ether oxygens (including phenoxy) is 2. The number of tetrazole rings is 1. The highest BCUT2D eigenvalue weighted by atomic mass is 16.5. The first kappa shape index (κ1) is 15.7. The SMILES string of the molecule is CCCOc1cc(-c2ccc(-c3nn[nH]n3)c(=O)[nH]2)ccc1OC. The van der Waals surface area contributed by atoms with E-state index in [1.807, 2.05) is 25.1 Å². The first-order valence-corrected chi connectivity index (χ1v) is 7.51. The average molecular weight is 327 g/mol. The molecule has 2 N–H and O–H groups in total. The van der Waals surface area contributed by atoms with Gasteiger partial charge in [0.25, 0.3) is 5.56 Å². The lowest BCUT2D eigenvalue weighted by Gasteiger charge is -2.12. The van der Waals surface area contributed by atoms with Crippen LogP contribution in [0.5, 0.6) is 11.5 Å². The summed E-state index contributed by atoms with van der Waals surface area (Å²) >= 11 is 0. The fourth-order valence-electron chi connectivity index (χ4n) is 2.26. The van der Waals surface area contributed by atoms with Gasteiger partial charge in [-0.2, -0.15) is 5.21 Å². The lowest BCUT2D eigenvalue weighted by atomic mass is 10.1. The molecule has 0 atom stereocenters. The normalized spacial score (nSPS) is 10.6. The first-order chi connectivity index (χ1) is 11.7. The summed E-state index contributed by atoms with van der Waals surface area (Å²) in [5.41, 5.74) is 1.54. The van der Waals surface area contributed by atoms with Crippen molar-refractivity contribution in [3.05, 3.63) is 40.7 Å². The number of rotatable bonds is 6. The predicted octanol–water partition coefficient (Wildman–Crippen LogP) is 2.02. The van der Waals surface area contributed by atoms with Crippen LogP contribution in [0.15, 0.2) is 35.1 Å². The highest BCUT2D eigenvalue weighted by molar-refractivity contribution is 5.66. The van der Waals surface area contributed by atoms with Gasteiger partial charge in [0, 0.05) is 11.3 Å². The summed E-state index contributed by atoms with van der Waals surface area (Å²) < 4.78 is 11.0. The molecule has 1 aromatic carbocycles. The molecule has 24 heavy (non-hydrogen) atoms. The Hall–Kier alpha value is -3.16. The third-order valence-corrected chi connectivity index (χ3v) is 3.43. The highest BCUT2D eigenvalue weighted by Crippen LogP contribution is 2.32. The molecule has 3 aromatic rings. The summed E-state index contributed by atoms with van der Waals surface area (Å²) in [4.78, 5) is 15.1. The van der Waals surface area contributed by atoms with Crippen molar-refractivity contribution in [2.75, 3.05) is 13.7 Å². The minimum Gasteiger partial charge on any atom is -0.493 e. The Labute approximate surface area is 137 Å². The number of pyridine rings is 1. The molecule has 0 bridgehead atoms. The molecule has 2 aromatic heterocycles. The van der Waals surface area contributed by atoms with Crippen molar-refractivity contribution < 1.29 is 9.47 Å². The Bertz CT molecular complexity index is 874. The molecular weight excluding hydrogens is 310 g/mol. The fourth-order valence-corrected chi connectivity index (χ4v) is 2.26. The van der Waals surface area contributed by atoms with Gasteiger partial charge in [-0.05, 0) is 42.0 Å². The van der Waals surface area contributed by atoms with Gasteiger partial charge in [-0.1, -0.05) is 6.92 Å². The van der Waals surface area contributed by atoms with E-state index >= 15 is 0 Å². The lowest BCUT2D eigenvalue weighted by molar-refractivity contribution is 0.294. The maximum absolute atomic E-state index is 12.3. The summed E-state index contributed by atoms with van der Waals surface area (Å²) in [6, 6.07) is 8.96. The Kier molecular flexibility index (Phi) is 4.55. The van der Waals surface area contributed by atoms with Crippen LogP contribution in [0.25, 0.3) is 22.6 Å². The highest BCUT2D eigenvalue weighted by Gasteiger charge is 2.11. The third-order valence-electron chi connectivity index (χ3n) is 3.43. The van der Waals surface area contributed by atoms with Crippen LogP contribution in [0.1, 0.15) is 13.3 Å². The molecule has 8 nitrogen and oxygen atoms in total. The Morgan fingerprint density at radius 1 is 1.17 bits per heavy atom. The zero-order chi connectivity index (χ0) is 16.9. The van der Waals surface area contributed by atoms with Gasteiger partial charge in [0.1, 0.15) is 0 Å². The van der Waals surface area contributed by atoms with Gasteiger partial charge < -0.3 is 14.5 Å². The van der Waals surface area contributed by atoms with Crippen LogP contribution >= 0.6 is 0 Å². The average Bonchev–Trinajstić information content (AvgIpc) is 3.14. The maximum atomic E-state index is 12.3. The van der Waals surface area contributed by atoms with Crippen molar-refractivity contribution in [2.45, 2.75) is 13.3 Å². The summed E-state index contributed by atoms with van der Waals surface area (Å²) in [7, 11) is 1.59. The number of hydrogen-bond donors (Lipinski definition) is 2. The number of methoxy groups -OCH3 is 1. The van der Waals surface area contributed by atoms with Crippen LogP contribution in [0, 0.1) is 0 Å². The van der Waals surface area contributed by atoms with Gasteiger partial charge in [-0.3, -0.25) is 4.79 Å². The number of nitrogens with zero attached hydrogens (tertiary/aromatic N) is 3. The van der Waals surface area contributed by atoms with Crippen molar-refractivity contribution in [3.8, 4) is 34.1 Å².